The van der Waals surface area contributed by atoms with Crippen molar-refractivity contribution in [2.24, 2.45) is 0 Å². The summed E-state index contributed by atoms with van der Waals surface area (Å²) < 4.78 is 19.6. The average molecular weight is 502 g/mol. The summed E-state index contributed by atoms with van der Waals surface area (Å²) in [4.78, 5) is 13.1. The van der Waals surface area contributed by atoms with E-state index in [2.05, 4.69) is 37.5 Å². The first-order chi connectivity index (χ1) is 14.2. The highest BCUT2D eigenvalue weighted by molar-refractivity contribution is 14.1. The molecule has 4 aromatic rings. The van der Waals surface area contributed by atoms with Crippen LogP contribution in [0.1, 0.15) is 11.1 Å². The van der Waals surface area contributed by atoms with Crippen LogP contribution in [-0.2, 0) is 13.2 Å². The molecule has 0 fully saturated rings. The lowest BCUT2D eigenvalue weighted by atomic mass is 10.2. The van der Waals surface area contributed by atoms with Gasteiger partial charge >= 0.3 is 0 Å². The van der Waals surface area contributed by atoms with Crippen LogP contribution in [0.2, 0.25) is 0 Å². The molecule has 8 heteroatoms. The summed E-state index contributed by atoms with van der Waals surface area (Å²) in [5.41, 5.74) is 3.76. The molecule has 0 aliphatic carbocycles. The molecule has 1 aromatic carbocycles. The van der Waals surface area contributed by atoms with E-state index in [0.29, 0.717) is 30.5 Å². The van der Waals surface area contributed by atoms with Crippen LogP contribution in [0.25, 0.3) is 11.2 Å². The van der Waals surface area contributed by atoms with Gasteiger partial charge in [-0.15, -0.1) is 0 Å². The number of hydrogen-bond donors (Lipinski definition) is 0. The van der Waals surface area contributed by atoms with Crippen LogP contribution in [0, 0.1) is 3.57 Å². The summed E-state index contributed by atoms with van der Waals surface area (Å²) >= 11 is 2.24. The molecular formula is C21H19IN4O3. The summed E-state index contributed by atoms with van der Waals surface area (Å²) in [5.74, 6) is 1.93. The first-order valence-corrected chi connectivity index (χ1v) is 9.99. The Morgan fingerprint density at radius 3 is 2.52 bits per heavy atom. The van der Waals surface area contributed by atoms with Gasteiger partial charge < -0.3 is 18.8 Å². The lowest BCUT2D eigenvalue weighted by molar-refractivity contribution is 0.283. The maximum absolute atomic E-state index is 5.92. The third-order valence-corrected chi connectivity index (χ3v) is 4.99. The number of imidazole rings is 1. The molecule has 0 amide bonds. The van der Waals surface area contributed by atoms with Crippen LogP contribution in [0.4, 0.5) is 0 Å². The Bertz CT molecular complexity index is 1130. The molecule has 0 N–H and O–H groups in total. The number of halogens is 1. The molecule has 0 aliphatic heterocycles. The molecule has 0 saturated carbocycles. The van der Waals surface area contributed by atoms with Gasteiger partial charge in [-0.3, -0.25) is 0 Å². The van der Waals surface area contributed by atoms with Crippen molar-refractivity contribution >= 4 is 33.8 Å². The quantitative estimate of drug-likeness (QED) is 0.355. The molecule has 0 spiro atoms. The second-order valence-corrected chi connectivity index (χ2v) is 7.60. The number of hydrogen-bond acceptors (Lipinski definition) is 6. The van der Waals surface area contributed by atoms with Crippen LogP contribution < -0.4 is 14.2 Å². The highest BCUT2D eigenvalue weighted by Crippen LogP contribution is 2.29. The van der Waals surface area contributed by atoms with Gasteiger partial charge in [0.05, 0.1) is 27.1 Å². The second kappa shape index (κ2) is 8.64. The first kappa shape index (κ1) is 19.4. The molecule has 0 saturated heterocycles. The Morgan fingerprint density at radius 2 is 1.76 bits per heavy atom. The van der Waals surface area contributed by atoms with Gasteiger partial charge in [-0.2, -0.15) is 0 Å². The molecular weight excluding hydrogens is 483 g/mol. The zero-order valence-electron chi connectivity index (χ0n) is 16.0. The topological polar surface area (TPSA) is 71.3 Å². The van der Waals surface area contributed by atoms with E-state index in [4.69, 9.17) is 14.2 Å². The number of rotatable bonds is 7. The zero-order valence-corrected chi connectivity index (χ0v) is 18.2. The SMILES string of the molecule is COc1ccc(COc2ccc(Cn3cnc4cc(I)cnc43)cc2OC)cn1. The fraction of sp³-hybridized carbons (Fsp3) is 0.190. The zero-order chi connectivity index (χ0) is 20.2. The maximum Gasteiger partial charge on any atom is 0.212 e. The monoisotopic (exact) mass is 502 g/mol. The van der Waals surface area contributed by atoms with Gasteiger partial charge in [-0.25, -0.2) is 15.0 Å². The molecule has 7 nitrogen and oxygen atoms in total. The van der Waals surface area contributed by atoms with Gasteiger partial charge in [0.15, 0.2) is 17.1 Å². The molecule has 4 rings (SSSR count). The number of aromatic nitrogens is 4. The first-order valence-electron chi connectivity index (χ1n) is 8.91. The number of ether oxygens (including phenoxy) is 3. The largest absolute Gasteiger partial charge is 0.493 e. The molecule has 3 aromatic heterocycles. The van der Waals surface area contributed by atoms with Crippen molar-refractivity contribution in [3.05, 3.63) is 69.8 Å². The summed E-state index contributed by atoms with van der Waals surface area (Å²) in [6.45, 7) is 1.03. The molecule has 0 bridgehead atoms. The number of methoxy groups -OCH3 is 2. The predicted octanol–water partition coefficient (Wildman–Crippen LogP) is 4.08. The van der Waals surface area contributed by atoms with Gasteiger partial charge in [0.25, 0.3) is 0 Å². The Hall–Kier alpha value is -2.88. The summed E-state index contributed by atoms with van der Waals surface area (Å²) in [6, 6.07) is 11.7. The highest BCUT2D eigenvalue weighted by Gasteiger charge is 2.10. The molecule has 3 heterocycles. The lowest BCUT2D eigenvalue weighted by Gasteiger charge is -2.13. The molecule has 29 heavy (non-hydrogen) atoms. The van der Waals surface area contributed by atoms with Crippen molar-refractivity contribution in [1.82, 2.24) is 19.5 Å². The number of benzene rings is 1. The fourth-order valence-electron chi connectivity index (χ4n) is 2.94. The van der Waals surface area contributed by atoms with E-state index in [-0.39, 0.29) is 0 Å². The smallest absolute Gasteiger partial charge is 0.212 e. The van der Waals surface area contributed by atoms with Crippen LogP contribution in [0.5, 0.6) is 17.4 Å². The van der Waals surface area contributed by atoms with E-state index in [9.17, 15) is 0 Å². The lowest BCUT2D eigenvalue weighted by Crippen LogP contribution is -2.02. The van der Waals surface area contributed by atoms with Crippen molar-refractivity contribution in [2.75, 3.05) is 14.2 Å². The third-order valence-electron chi connectivity index (χ3n) is 4.40. The Labute approximate surface area is 181 Å². The van der Waals surface area contributed by atoms with Crippen LogP contribution >= 0.6 is 22.6 Å². The minimum absolute atomic E-state index is 0.390. The Kier molecular flexibility index (Phi) is 5.79. The number of nitrogens with zero attached hydrogens (tertiary/aromatic N) is 4. The Balaban J connectivity index is 1.49. The van der Waals surface area contributed by atoms with Gasteiger partial charge in [0.2, 0.25) is 5.88 Å². The van der Waals surface area contributed by atoms with Crippen molar-refractivity contribution in [3.63, 3.8) is 0 Å². The molecule has 0 atom stereocenters. The Morgan fingerprint density at radius 1 is 0.897 bits per heavy atom. The van der Waals surface area contributed by atoms with Crippen LogP contribution in [-0.4, -0.2) is 33.7 Å². The highest BCUT2D eigenvalue weighted by atomic mass is 127. The van der Waals surface area contributed by atoms with Crippen molar-refractivity contribution in [3.8, 4) is 17.4 Å². The van der Waals surface area contributed by atoms with Crippen molar-refractivity contribution in [1.29, 1.82) is 0 Å². The van der Waals surface area contributed by atoms with Crippen LogP contribution in [0.3, 0.4) is 0 Å². The predicted molar refractivity (Wildman–Crippen MR) is 117 cm³/mol. The molecule has 0 radical (unpaired) electrons. The van der Waals surface area contributed by atoms with E-state index >= 15 is 0 Å². The minimum Gasteiger partial charge on any atom is -0.493 e. The van der Waals surface area contributed by atoms with E-state index in [1.165, 1.54) is 0 Å². The maximum atomic E-state index is 5.92. The molecule has 0 aliphatic rings. The van der Waals surface area contributed by atoms with Gasteiger partial charge in [0, 0.05) is 27.6 Å². The average Bonchev–Trinajstić information content (AvgIpc) is 3.14. The van der Waals surface area contributed by atoms with E-state index < -0.39 is 0 Å². The normalized spacial score (nSPS) is 10.9. The summed E-state index contributed by atoms with van der Waals surface area (Å²) in [6.07, 6.45) is 5.38. The molecule has 148 valence electrons. The van der Waals surface area contributed by atoms with Gasteiger partial charge in [-0.05, 0) is 52.4 Å². The number of pyridine rings is 2. The summed E-state index contributed by atoms with van der Waals surface area (Å²) in [5, 5.41) is 0. The fourth-order valence-corrected chi connectivity index (χ4v) is 3.38. The van der Waals surface area contributed by atoms with E-state index in [0.717, 1.165) is 25.9 Å². The number of fused-ring (bicyclic) bond motifs is 1. The standard InChI is InChI=1S/C21H19IN4O3/c1-27-19-7-14(11-26-13-25-17-8-16(22)10-24-21(17)26)3-5-18(19)29-12-15-4-6-20(28-2)23-9-15/h3-10,13H,11-12H2,1-2H3. The van der Waals surface area contributed by atoms with Gasteiger partial charge in [0.1, 0.15) is 12.1 Å². The van der Waals surface area contributed by atoms with Gasteiger partial charge in [-0.1, -0.05) is 6.07 Å². The molecule has 0 unspecified atom stereocenters. The van der Waals surface area contributed by atoms with Crippen molar-refractivity contribution < 1.29 is 14.2 Å². The van der Waals surface area contributed by atoms with Crippen molar-refractivity contribution in [2.45, 2.75) is 13.2 Å². The second-order valence-electron chi connectivity index (χ2n) is 6.35. The minimum atomic E-state index is 0.390. The third kappa shape index (κ3) is 4.42. The summed E-state index contributed by atoms with van der Waals surface area (Å²) in [7, 11) is 3.23. The van der Waals surface area contributed by atoms with Crippen LogP contribution in [0.15, 0.2) is 55.1 Å². The van der Waals surface area contributed by atoms with E-state index in [1.54, 1.807) is 26.7 Å². The van der Waals surface area contributed by atoms with E-state index in [1.807, 2.05) is 47.2 Å².